The molecule has 0 spiro atoms. The van der Waals surface area contributed by atoms with E-state index in [0.29, 0.717) is 29.0 Å². The highest BCUT2D eigenvalue weighted by molar-refractivity contribution is 7.58. The summed E-state index contributed by atoms with van der Waals surface area (Å²) in [6.45, 7) is 4.09. The van der Waals surface area contributed by atoms with Crippen molar-refractivity contribution in [3.63, 3.8) is 0 Å². The van der Waals surface area contributed by atoms with E-state index in [4.69, 9.17) is 23.3 Å². The summed E-state index contributed by atoms with van der Waals surface area (Å²) in [6.07, 6.45) is 5.56. The number of hydrogen-bond donors (Lipinski definition) is 0. The van der Waals surface area contributed by atoms with E-state index in [1.165, 1.54) is 0 Å². The van der Waals surface area contributed by atoms with Crippen LogP contribution in [0.4, 0.5) is 0 Å². The molecular formula is C21H28NO6P. The molecule has 8 heteroatoms. The van der Waals surface area contributed by atoms with Crippen LogP contribution in [0.15, 0.2) is 42.0 Å². The van der Waals surface area contributed by atoms with E-state index in [0.717, 1.165) is 11.1 Å². The lowest BCUT2D eigenvalue weighted by Crippen LogP contribution is -2.02. The third-order valence-corrected chi connectivity index (χ3v) is 6.27. The second-order valence-corrected chi connectivity index (χ2v) is 8.05. The van der Waals surface area contributed by atoms with Crippen LogP contribution in [0.1, 0.15) is 25.0 Å². The van der Waals surface area contributed by atoms with E-state index in [9.17, 15) is 4.57 Å². The number of pyridine rings is 1. The molecule has 1 aromatic heterocycles. The first-order chi connectivity index (χ1) is 14.0. The molecule has 0 fully saturated rings. The number of nitrogens with zero attached hydrogens (tertiary/aromatic N) is 1. The summed E-state index contributed by atoms with van der Waals surface area (Å²) < 4.78 is 40.9. The molecule has 1 aromatic carbocycles. The molecule has 0 radical (unpaired) electrons. The van der Waals surface area contributed by atoms with Crippen molar-refractivity contribution in [3.8, 4) is 17.2 Å². The summed E-state index contributed by atoms with van der Waals surface area (Å²) in [5.74, 6) is 1.49. The van der Waals surface area contributed by atoms with Gasteiger partial charge in [-0.05, 0) is 49.2 Å². The molecule has 0 aliphatic carbocycles. The fourth-order valence-corrected chi connectivity index (χ4v) is 4.63. The van der Waals surface area contributed by atoms with Gasteiger partial charge >= 0.3 is 7.60 Å². The Morgan fingerprint density at radius 2 is 1.66 bits per heavy atom. The Balaban J connectivity index is 2.61. The highest BCUT2D eigenvalue weighted by atomic mass is 31.2. The second kappa shape index (κ2) is 11.0. The summed E-state index contributed by atoms with van der Waals surface area (Å²) in [5, 5.41) is 0.517. The molecule has 2 rings (SSSR count). The number of aromatic nitrogens is 1. The van der Waals surface area contributed by atoms with Crippen LogP contribution in [0.5, 0.6) is 17.2 Å². The monoisotopic (exact) mass is 421 g/mol. The van der Waals surface area contributed by atoms with Gasteiger partial charge in [0.1, 0.15) is 0 Å². The van der Waals surface area contributed by atoms with Gasteiger partial charge in [-0.15, -0.1) is 0 Å². The Labute approximate surface area is 172 Å². The first-order valence-corrected chi connectivity index (χ1v) is 10.8. The van der Waals surface area contributed by atoms with Gasteiger partial charge in [-0.3, -0.25) is 9.55 Å². The molecule has 2 aromatic rings. The predicted octanol–water partition coefficient (Wildman–Crippen LogP) is 4.96. The van der Waals surface area contributed by atoms with Gasteiger partial charge in [-0.2, -0.15) is 0 Å². The minimum Gasteiger partial charge on any atom is -0.493 e. The average molecular weight is 421 g/mol. The topological polar surface area (TPSA) is 76.1 Å². The zero-order valence-corrected chi connectivity index (χ0v) is 18.4. The van der Waals surface area contributed by atoms with Crippen molar-refractivity contribution in [2.45, 2.75) is 20.3 Å². The molecule has 29 heavy (non-hydrogen) atoms. The molecule has 0 amide bonds. The standard InChI is InChI=1S/C21H28NO6P/c1-6-27-29(23,28-7-2)18(11-16-9-8-10-22-15-16)12-17-13-19(24-3)21(26-5)20(14-17)25-4/h8-10,12-15H,6-7,11H2,1-5H3/b18-12-. The average Bonchev–Trinajstić information content (AvgIpc) is 2.73. The smallest absolute Gasteiger partial charge is 0.357 e. The fraction of sp³-hybridized carbons (Fsp3) is 0.381. The van der Waals surface area contributed by atoms with Crippen LogP contribution >= 0.6 is 7.60 Å². The Bertz CT molecular complexity index is 834. The van der Waals surface area contributed by atoms with Gasteiger partial charge in [0.05, 0.1) is 34.5 Å². The van der Waals surface area contributed by atoms with Crippen molar-refractivity contribution in [2.24, 2.45) is 0 Å². The van der Waals surface area contributed by atoms with E-state index < -0.39 is 7.60 Å². The Morgan fingerprint density at radius 1 is 1.03 bits per heavy atom. The van der Waals surface area contributed by atoms with Crippen LogP contribution in [-0.2, 0) is 20.0 Å². The number of methoxy groups -OCH3 is 3. The predicted molar refractivity (Wildman–Crippen MR) is 113 cm³/mol. The Kier molecular flexibility index (Phi) is 8.70. The molecule has 0 saturated heterocycles. The third-order valence-electron chi connectivity index (χ3n) is 4.08. The number of hydrogen-bond acceptors (Lipinski definition) is 7. The third kappa shape index (κ3) is 5.82. The van der Waals surface area contributed by atoms with Gasteiger partial charge in [0.25, 0.3) is 0 Å². The minimum atomic E-state index is -3.51. The number of allylic oxidation sites excluding steroid dienone is 1. The maximum atomic E-state index is 13.5. The maximum Gasteiger partial charge on any atom is 0.357 e. The molecule has 0 aliphatic rings. The highest BCUT2D eigenvalue weighted by Crippen LogP contribution is 2.57. The van der Waals surface area contributed by atoms with Crippen molar-refractivity contribution >= 4 is 13.7 Å². The lowest BCUT2D eigenvalue weighted by molar-refractivity contribution is 0.226. The van der Waals surface area contributed by atoms with Crippen LogP contribution in [0, 0.1) is 0 Å². The van der Waals surface area contributed by atoms with Crippen LogP contribution < -0.4 is 14.2 Å². The van der Waals surface area contributed by atoms with Crippen molar-refractivity contribution in [3.05, 3.63) is 53.1 Å². The van der Waals surface area contributed by atoms with Crippen LogP contribution in [0.25, 0.3) is 6.08 Å². The van der Waals surface area contributed by atoms with Gasteiger partial charge in [0.15, 0.2) is 11.5 Å². The summed E-state index contributed by atoms with van der Waals surface area (Å²) in [4.78, 5) is 4.14. The first kappa shape index (κ1) is 22.9. The Morgan fingerprint density at radius 3 is 2.10 bits per heavy atom. The van der Waals surface area contributed by atoms with Gasteiger partial charge < -0.3 is 23.3 Å². The lowest BCUT2D eigenvalue weighted by Gasteiger charge is -2.21. The molecular weight excluding hydrogens is 393 g/mol. The lowest BCUT2D eigenvalue weighted by atomic mass is 10.1. The van der Waals surface area contributed by atoms with Gasteiger partial charge in [-0.25, -0.2) is 0 Å². The van der Waals surface area contributed by atoms with Crippen LogP contribution in [0.2, 0.25) is 0 Å². The van der Waals surface area contributed by atoms with Gasteiger partial charge in [-0.1, -0.05) is 6.07 Å². The largest absolute Gasteiger partial charge is 0.493 e. The quantitative estimate of drug-likeness (QED) is 0.475. The summed E-state index contributed by atoms with van der Waals surface area (Å²) in [6, 6.07) is 7.32. The second-order valence-electron chi connectivity index (χ2n) is 5.97. The van der Waals surface area contributed by atoms with Crippen LogP contribution in [0.3, 0.4) is 0 Å². The SMILES string of the molecule is CCOP(=O)(OCC)/C(=C\c1cc(OC)c(OC)c(OC)c1)Cc1cccnc1. The summed E-state index contributed by atoms with van der Waals surface area (Å²) in [5.41, 5.74) is 1.61. The first-order valence-electron chi connectivity index (χ1n) is 9.30. The van der Waals surface area contributed by atoms with E-state index in [2.05, 4.69) is 4.98 Å². The highest BCUT2D eigenvalue weighted by Gasteiger charge is 2.30. The molecule has 0 unspecified atom stereocenters. The van der Waals surface area contributed by atoms with Crippen molar-refractivity contribution in [1.29, 1.82) is 0 Å². The van der Waals surface area contributed by atoms with E-state index in [-0.39, 0.29) is 13.2 Å². The van der Waals surface area contributed by atoms with Gasteiger partial charge in [0, 0.05) is 24.1 Å². The molecule has 0 saturated carbocycles. The van der Waals surface area contributed by atoms with E-state index in [1.54, 1.807) is 65.8 Å². The zero-order valence-electron chi connectivity index (χ0n) is 17.5. The van der Waals surface area contributed by atoms with E-state index >= 15 is 0 Å². The zero-order chi connectivity index (χ0) is 21.3. The number of ether oxygens (including phenoxy) is 3. The normalized spacial score (nSPS) is 12.0. The van der Waals surface area contributed by atoms with Crippen LogP contribution in [-0.4, -0.2) is 39.5 Å². The number of benzene rings is 1. The molecule has 158 valence electrons. The van der Waals surface area contributed by atoms with E-state index in [1.807, 2.05) is 12.1 Å². The summed E-state index contributed by atoms with van der Waals surface area (Å²) >= 11 is 0. The van der Waals surface area contributed by atoms with Crippen molar-refractivity contribution in [2.75, 3.05) is 34.5 Å². The molecule has 1 heterocycles. The van der Waals surface area contributed by atoms with Crippen molar-refractivity contribution < 1.29 is 27.8 Å². The molecule has 7 nitrogen and oxygen atoms in total. The van der Waals surface area contributed by atoms with Gasteiger partial charge in [0.2, 0.25) is 5.75 Å². The molecule has 0 atom stereocenters. The number of rotatable bonds is 11. The fourth-order valence-electron chi connectivity index (χ4n) is 2.86. The maximum absolute atomic E-state index is 13.5. The molecule has 0 bridgehead atoms. The van der Waals surface area contributed by atoms with Crippen molar-refractivity contribution in [1.82, 2.24) is 4.98 Å². The molecule has 0 N–H and O–H groups in total. The summed E-state index contributed by atoms with van der Waals surface area (Å²) in [7, 11) is 1.13. The Hall–Kier alpha value is -2.34. The molecule has 0 aliphatic heterocycles. The minimum absolute atomic E-state index is 0.261.